The van der Waals surface area contributed by atoms with Gasteiger partial charge in [0.05, 0.1) is 11.1 Å². The fourth-order valence-corrected chi connectivity index (χ4v) is 3.51. The third-order valence-corrected chi connectivity index (χ3v) is 4.80. The SMILES string of the molecule is Cc1cccc(S(=O)(=O)c2nc3[nH]ccc3nc2C=NO)c1. The fourth-order valence-electron chi connectivity index (χ4n) is 2.10. The van der Waals surface area contributed by atoms with Crippen LogP contribution in [0.25, 0.3) is 11.2 Å². The molecule has 0 fully saturated rings. The Bertz CT molecular complexity index is 977. The molecule has 0 aliphatic carbocycles. The van der Waals surface area contributed by atoms with Crippen molar-refractivity contribution in [2.75, 3.05) is 0 Å². The number of aromatic nitrogens is 3. The summed E-state index contributed by atoms with van der Waals surface area (Å²) in [7, 11) is -3.88. The average molecular weight is 316 g/mol. The predicted octanol–water partition coefficient (Wildman–Crippen LogP) is 1.91. The van der Waals surface area contributed by atoms with Crippen LogP contribution in [-0.2, 0) is 9.84 Å². The Morgan fingerprint density at radius 2 is 2.09 bits per heavy atom. The van der Waals surface area contributed by atoms with Gasteiger partial charge in [-0.3, -0.25) is 0 Å². The molecule has 112 valence electrons. The molecule has 0 unspecified atom stereocenters. The number of hydrogen-bond donors (Lipinski definition) is 2. The molecule has 0 saturated heterocycles. The summed E-state index contributed by atoms with van der Waals surface area (Å²) < 4.78 is 25.6. The first-order valence-electron chi connectivity index (χ1n) is 6.36. The molecule has 1 aromatic carbocycles. The zero-order chi connectivity index (χ0) is 15.7. The van der Waals surface area contributed by atoms with E-state index in [1.54, 1.807) is 37.4 Å². The molecule has 0 radical (unpaired) electrons. The Labute approximate surface area is 126 Å². The first-order valence-corrected chi connectivity index (χ1v) is 7.85. The molecule has 2 aromatic heterocycles. The number of nitrogens with one attached hydrogen (secondary N) is 1. The molecule has 0 atom stereocenters. The van der Waals surface area contributed by atoms with Crippen LogP contribution in [0.5, 0.6) is 0 Å². The van der Waals surface area contributed by atoms with E-state index in [9.17, 15) is 8.42 Å². The highest BCUT2D eigenvalue weighted by Crippen LogP contribution is 2.23. The zero-order valence-corrected chi connectivity index (χ0v) is 12.4. The van der Waals surface area contributed by atoms with Gasteiger partial charge in [-0.15, -0.1) is 0 Å². The van der Waals surface area contributed by atoms with Gasteiger partial charge in [0.15, 0.2) is 10.7 Å². The molecule has 0 spiro atoms. The van der Waals surface area contributed by atoms with Gasteiger partial charge < -0.3 is 10.2 Å². The van der Waals surface area contributed by atoms with Gasteiger partial charge in [0.25, 0.3) is 0 Å². The van der Waals surface area contributed by atoms with E-state index in [0.29, 0.717) is 11.2 Å². The number of sulfone groups is 1. The Balaban J connectivity index is 2.29. The number of hydrogen-bond acceptors (Lipinski definition) is 6. The van der Waals surface area contributed by atoms with Crippen LogP contribution in [0.2, 0.25) is 0 Å². The maximum absolute atomic E-state index is 12.8. The number of fused-ring (bicyclic) bond motifs is 1. The van der Waals surface area contributed by atoms with Crippen molar-refractivity contribution in [2.24, 2.45) is 5.16 Å². The lowest BCUT2D eigenvalue weighted by Crippen LogP contribution is -2.10. The lowest BCUT2D eigenvalue weighted by molar-refractivity contribution is 0.321. The van der Waals surface area contributed by atoms with Crippen molar-refractivity contribution in [1.82, 2.24) is 15.0 Å². The number of H-pyrrole nitrogens is 1. The van der Waals surface area contributed by atoms with Gasteiger partial charge >= 0.3 is 0 Å². The summed E-state index contributed by atoms with van der Waals surface area (Å²) in [6.07, 6.45) is 2.57. The Hall–Kier alpha value is -2.74. The van der Waals surface area contributed by atoms with Crippen LogP contribution in [0.1, 0.15) is 11.3 Å². The second-order valence-electron chi connectivity index (χ2n) is 4.69. The van der Waals surface area contributed by atoms with Gasteiger partial charge in [0, 0.05) is 6.20 Å². The minimum absolute atomic E-state index is 0.0175. The second-order valence-corrected chi connectivity index (χ2v) is 6.56. The van der Waals surface area contributed by atoms with Crippen molar-refractivity contribution in [3.63, 3.8) is 0 Å². The van der Waals surface area contributed by atoms with Gasteiger partial charge in [0.1, 0.15) is 11.2 Å². The normalized spacial score (nSPS) is 12.2. The van der Waals surface area contributed by atoms with Crippen LogP contribution in [0.4, 0.5) is 0 Å². The van der Waals surface area contributed by atoms with Gasteiger partial charge in [0.2, 0.25) is 9.84 Å². The lowest BCUT2D eigenvalue weighted by atomic mass is 10.2. The van der Waals surface area contributed by atoms with Gasteiger partial charge in [-0.05, 0) is 30.7 Å². The molecular weight excluding hydrogens is 304 g/mol. The molecule has 3 rings (SSSR count). The number of rotatable bonds is 3. The minimum atomic E-state index is -3.88. The third kappa shape index (κ3) is 2.33. The fraction of sp³-hybridized carbons (Fsp3) is 0.0714. The Kier molecular flexibility index (Phi) is 3.38. The van der Waals surface area contributed by atoms with Crippen LogP contribution in [0.15, 0.2) is 51.6 Å². The summed E-state index contributed by atoms with van der Waals surface area (Å²) in [5.41, 5.74) is 1.63. The maximum atomic E-state index is 12.8. The topological polar surface area (TPSA) is 108 Å². The monoisotopic (exact) mass is 316 g/mol. The lowest BCUT2D eigenvalue weighted by Gasteiger charge is -2.07. The Morgan fingerprint density at radius 1 is 1.27 bits per heavy atom. The minimum Gasteiger partial charge on any atom is -0.411 e. The van der Waals surface area contributed by atoms with E-state index in [4.69, 9.17) is 5.21 Å². The van der Waals surface area contributed by atoms with E-state index < -0.39 is 9.84 Å². The first-order chi connectivity index (χ1) is 10.5. The van der Waals surface area contributed by atoms with Crippen molar-refractivity contribution >= 4 is 27.2 Å². The van der Waals surface area contributed by atoms with Gasteiger partial charge in [-0.2, -0.15) is 0 Å². The number of oxime groups is 1. The van der Waals surface area contributed by atoms with Crippen molar-refractivity contribution in [3.8, 4) is 0 Å². The maximum Gasteiger partial charge on any atom is 0.226 e. The summed E-state index contributed by atoms with van der Waals surface area (Å²) in [6, 6.07) is 8.15. The van der Waals surface area contributed by atoms with Crippen LogP contribution >= 0.6 is 0 Å². The molecular formula is C14H12N4O3S. The summed E-state index contributed by atoms with van der Waals surface area (Å²) in [6.45, 7) is 1.80. The molecule has 2 N–H and O–H groups in total. The molecule has 0 bridgehead atoms. The first kappa shape index (κ1) is 14.2. The van der Waals surface area contributed by atoms with E-state index in [1.807, 2.05) is 0 Å². The molecule has 0 amide bonds. The van der Waals surface area contributed by atoms with E-state index in [-0.39, 0.29) is 15.6 Å². The van der Waals surface area contributed by atoms with Crippen LogP contribution in [0, 0.1) is 6.92 Å². The van der Waals surface area contributed by atoms with Crippen molar-refractivity contribution in [3.05, 3.63) is 47.8 Å². The smallest absolute Gasteiger partial charge is 0.226 e. The Morgan fingerprint density at radius 3 is 2.82 bits per heavy atom. The standard InChI is InChI=1S/C14H12N4O3S/c1-9-3-2-4-10(7-9)22(20,21)14-12(8-16-19)17-11-5-6-15-13(11)18-14/h2-8,19H,1H3,(H,15,18). The molecule has 7 nitrogen and oxygen atoms in total. The van der Waals surface area contributed by atoms with E-state index in [1.165, 1.54) is 6.07 Å². The highest BCUT2D eigenvalue weighted by Gasteiger charge is 2.25. The van der Waals surface area contributed by atoms with E-state index in [2.05, 4.69) is 20.1 Å². The van der Waals surface area contributed by atoms with Gasteiger partial charge in [-0.1, -0.05) is 17.3 Å². The summed E-state index contributed by atoms with van der Waals surface area (Å²) in [5, 5.41) is 11.4. The molecule has 8 heteroatoms. The number of benzene rings is 1. The second kappa shape index (κ2) is 5.23. The van der Waals surface area contributed by atoms with Crippen molar-refractivity contribution in [1.29, 1.82) is 0 Å². The van der Waals surface area contributed by atoms with Crippen LogP contribution in [0.3, 0.4) is 0 Å². The van der Waals surface area contributed by atoms with E-state index >= 15 is 0 Å². The van der Waals surface area contributed by atoms with E-state index in [0.717, 1.165) is 11.8 Å². The zero-order valence-electron chi connectivity index (χ0n) is 11.6. The molecule has 2 heterocycles. The molecule has 22 heavy (non-hydrogen) atoms. The van der Waals surface area contributed by atoms with Crippen LogP contribution < -0.4 is 0 Å². The van der Waals surface area contributed by atoms with Gasteiger partial charge in [-0.25, -0.2) is 18.4 Å². The number of aryl methyl sites for hydroxylation is 1. The largest absolute Gasteiger partial charge is 0.411 e. The molecule has 0 saturated carbocycles. The summed E-state index contributed by atoms with van der Waals surface area (Å²) in [4.78, 5) is 11.2. The highest BCUT2D eigenvalue weighted by molar-refractivity contribution is 7.91. The summed E-state index contributed by atoms with van der Waals surface area (Å²) >= 11 is 0. The van der Waals surface area contributed by atoms with Crippen molar-refractivity contribution in [2.45, 2.75) is 16.8 Å². The van der Waals surface area contributed by atoms with Crippen molar-refractivity contribution < 1.29 is 13.6 Å². The molecule has 0 aliphatic rings. The molecule has 0 aliphatic heterocycles. The van der Waals surface area contributed by atoms with Crippen LogP contribution in [-0.4, -0.2) is 34.8 Å². The number of aromatic amines is 1. The summed E-state index contributed by atoms with van der Waals surface area (Å²) in [5.74, 6) is 0. The number of nitrogens with zero attached hydrogens (tertiary/aromatic N) is 3. The third-order valence-electron chi connectivity index (χ3n) is 3.11. The molecule has 3 aromatic rings. The average Bonchev–Trinajstić information content (AvgIpc) is 2.94. The predicted molar refractivity (Wildman–Crippen MR) is 79.9 cm³/mol. The quantitative estimate of drug-likeness (QED) is 0.436. The highest BCUT2D eigenvalue weighted by atomic mass is 32.2.